The van der Waals surface area contributed by atoms with E-state index in [1.807, 2.05) is 0 Å². The summed E-state index contributed by atoms with van der Waals surface area (Å²) in [6, 6.07) is 4.59. The van der Waals surface area contributed by atoms with Crippen LogP contribution >= 0.6 is 23.2 Å². The second kappa shape index (κ2) is 6.81. The molecule has 124 valence electrons. The molecule has 1 unspecified atom stereocenters. The first kappa shape index (κ1) is 17.6. The van der Waals surface area contributed by atoms with Crippen LogP contribution in [-0.4, -0.2) is 35.1 Å². The quantitative estimate of drug-likeness (QED) is 0.885. The molecule has 1 aliphatic heterocycles. The molecule has 0 aliphatic carbocycles. The lowest BCUT2D eigenvalue weighted by molar-refractivity contribution is -0.125. The minimum absolute atomic E-state index is 0.307. The van der Waals surface area contributed by atoms with E-state index >= 15 is 0 Å². The SMILES string of the molecule is CC(C)(C)OC(=O)N1C(=O)C=CC1CNc1cc(Cl)ccc1Cl. The van der Waals surface area contributed by atoms with E-state index in [0.717, 1.165) is 4.90 Å². The van der Waals surface area contributed by atoms with E-state index in [9.17, 15) is 9.59 Å². The standard InChI is InChI=1S/C16H18Cl2N2O3/c1-16(2,3)23-15(22)20-11(5-7-14(20)21)9-19-13-8-10(17)4-6-12(13)18/h4-8,11,19H,9H2,1-3H3. The number of rotatable bonds is 3. The first-order valence-electron chi connectivity index (χ1n) is 7.11. The van der Waals surface area contributed by atoms with Crippen LogP contribution in [0.2, 0.25) is 10.0 Å². The molecule has 0 aromatic heterocycles. The summed E-state index contributed by atoms with van der Waals surface area (Å²) in [7, 11) is 0. The van der Waals surface area contributed by atoms with E-state index in [1.54, 1.807) is 45.0 Å². The van der Waals surface area contributed by atoms with Crippen LogP contribution in [0.4, 0.5) is 10.5 Å². The number of hydrogen-bond donors (Lipinski definition) is 1. The molecule has 1 aliphatic rings. The van der Waals surface area contributed by atoms with E-state index in [-0.39, 0.29) is 0 Å². The van der Waals surface area contributed by atoms with Crippen LogP contribution in [0.15, 0.2) is 30.4 Å². The van der Waals surface area contributed by atoms with Crippen molar-refractivity contribution in [1.82, 2.24) is 4.90 Å². The Kier molecular flexibility index (Phi) is 5.22. The molecular formula is C16H18Cl2N2O3. The maximum atomic E-state index is 12.2. The van der Waals surface area contributed by atoms with Crippen molar-refractivity contribution in [2.24, 2.45) is 0 Å². The van der Waals surface area contributed by atoms with Crippen LogP contribution in [0.5, 0.6) is 0 Å². The molecule has 0 saturated heterocycles. The number of nitrogens with one attached hydrogen (secondary N) is 1. The lowest BCUT2D eigenvalue weighted by atomic mass is 10.2. The Morgan fingerprint density at radius 2 is 2.04 bits per heavy atom. The van der Waals surface area contributed by atoms with Gasteiger partial charge in [-0.15, -0.1) is 0 Å². The first-order chi connectivity index (χ1) is 10.7. The number of carbonyl (C=O) groups excluding carboxylic acids is 2. The molecule has 2 rings (SSSR count). The minimum Gasteiger partial charge on any atom is -0.443 e. The highest BCUT2D eigenvalue weighted by molar-refractivity contribution is 6.35. The summed E-state index contributed by atoms with van der Waals surface area (Å²) >= 11 is 12.0. The third kappa shape index (κ3) is 4.62. The molecular weight excluding hydrogens is 339 g/mol. The van der Waals surface area contributed by atoms with Crippen LogP contribution in [0.1, 0.15) is 20.8 Å². The predicted octanol–water partition coefficient (Wildman–Crippen LogP) is 4.11. The summed E-state index contributed by atoms with van der Waals surface area (Å²) in [6.45, 7) is 5.55. The van der Waals surface area contributed by atoms with Gasteiger partial charge in [0.2, 0.25) is 0 Å². The van der Waals surface area contributed by atoms with Crippen molar-refractivity contribution < 1.29 is 14.3 Å². The van der Waals surface area contributed by atoms with E-state index in [0.29, 0.717) is 22.3 Å². The maximum Gasteiger partial charge on any atom is 0.417 e. The largest absolute Gasteiger partial charge is 0.443 e. The number of benzene rings is 1. The van der Waals surface area contributed by atoms with Crippen LogP contribution in [0.3, 0.4) is 0 Å². The molecule has 23 heavy (non-hydrogen) atoms. The summed E-state index contributed by atoms with van der Waals surface area (Å²) in [5.74, 6) is -0.400. The topological polar surface area (TPSA) is 58.6 Å². The zero-order chi connectivity index (χ0) is 17.2. The number of nitrogens with zero attached hydrogens (tertiary/aromatic N) is 1. The molecule has 0 fully saturated rings. The Morgan fingerprint density at radius 3 is 2.70 bits per heavy atom. The third-order valence-electron chi connectivity index (χ3n) is 3.05. The molecule has 5 nitrogen and oxygen atoms in total. The molecule has 2 amide bonds. The average Bonchev–Trinajstić information content (AvgIpc) is 2.79. The van der Waals surface area contributed by atoms with Crippen LogP contribution in [-0.2, 0) is 9.53 Å². The molecule has 1 aromatic carbocycles. The Labute approximate surface area is 145 Å². The van der Waals surface area contributed by atoms with Gasteiger partial charge in [0.1, 0.15) is 5.60 Å². The number of hydrogen-bond acceptors (Lipinski definition) is 4. The van der Waals surface area contributed by atoms with Gasteiger partial charge in [-0.3, -0.25) is 4.79 Å². The molecule has 7 heteroatoms. The van der Waals surface area contributed by atoms with E-state index in [2.05, 4.69) is 5.32 Å². The van der Waals surface area contributed by atoms with Gasteiger partial charge < -0.3 is 10.1 Å². The fraction of sp³-hybridized carbons (Fsp3) is 0.375. The van der Waals surface area contributed by atoms with Gasteiger partial charge in [0, 0.05) is 17.6 Å². The number of anilines is 1. The van der Waals surface area contributed by atoms with Gasteiger partial charge in [0.15, 0.2) is 0 Å². The normalized spacial score (nSPS) is 17.5. The highest BCUT2D eigenvalue weighted by Gasteiger charge is 2.34. The zero-order valence-electron chi connectivity index (χ0n) is 13.1. The molecule has 0 spiro atoms. The highest BCUT2D eigenvalue weighted by Crippen LogP contribution is 2.26. The van der Waals surface area contributed by atoms with Gasteiger partial charge >= 0.3 is 6.09 Å². The second-order valence-corrected chi connectivity index (χ2v) is 6.96. The molecule has 0 radical (unpaired) electrons. The summed E-state index contributed by atoms with van der Waals surface area (Å²) in [4.78, 5) is 25.2. The summed E-state index contributed by atoms with van der Waals surface area (Å²) < 4.78 is 5.27. The lowest BCUT2D eigenvalue weighted by Crippen LogP contribution is -2.45. The van der Waals surface area contributed by atoms with Gasteiger partial charge in [-0.1, -0.05) is 29.3 Å². The third-order valence-corrected chi connectivity index (χ3v) is 3.61. The lowest BCUT2D eigenvalue weighted by Gasteiger charge is -2.27. The van der Waals surface area contributed by atoms with Gasteiger partial charge in [-0.25, -0.2) is 9.69 Å². The van der Waals surface area contributed by atoms with Gasteiger partial charge in [-0.05, 0) is 39.0 Å². The number of carbonyl (C=O) groups is 2. The van der Waals surface area contributed by atoms with Crippen LogP contribution in [0, 0.1) is 0 Å². The van der Waals surface area contributed by atoms with Gasteiger partial charge in [0.05, 0.1) is 16.8 Å². The molecule has 1 atom stereocenters. The second-order valence-electron chi connectivity index (χ2n) is 6.12. The molecule has 1 aromatic rings. The van der Waals surface area contributed by atoms with E-state index in [1.165, 1.54) is 6.08 Å². The van der Waals surface area contributed by atoms with Gasteiger partial charge in [-0.2, -0.15) is 0 Å². The zero-order valence-corrected chi connectivity index (χ0v) is 14.6. The fourth-order valence-corrected chi connectivity index (χ4v) is 2.42. The molecule has 1 N–H and O–H groups in total. The Balaban J connectivity index is 2.06. The fourth-order valence-electron chi connectivity index (χ4n) is 2.07. The highest BCUT2D eigenvalue weighted by atomic mass is 35.5. The van der Waals surface area contributed by atoms with E-state index in [4.69, 9.17) is 27.9 Å². The van der Waals surface area contributed by atoms with Crippen molar-refractivity contribution in [1.29, 1.82) is 0 Å². The Hall–Kier alpha value is -1.72. The maximum absolute atomic E-state index is 12.2. The van der Waals surface area contributed by atoms with Crippen molar-refractivity contribution in [3.63, 3.8) is 0 Å². The van der Waals surface area contributed by atoms with Crippen molar-refractivity contribution in [3.05, 3.63) is 40.4 Å². The van der Waals surface area contributed by atoms with E-state index < -0.39 is 23.6 Å². The number of amides is 2. The van der Waals surface area contributed by atoms with Gasteiger partial charge in [0.25, 0.3) is 5.91 Å². The number of halogens is 2. The first-order valence-corrected chi connectivity index (χ1v) is 7.86. The van der Waals surface area contributed by atoms with Crippen LogP contribution < -0.4 is 5.32 Å². The smallest absolute Gasteiger partial charge is 0.417 e. The predicted molar refractivity (Wildman–Crippen MR) is 91.0 cm³/mol. The number of imide groups is 1. The average molecular weight is 357 g/mol. The van der Waals surface area contributed by atoms with Crippen molar-refractivity contribution in [2.45, 2.75) is 32.4 Å². The summed E-state index contributed by atoms with van der Waals surface area (Å²) in [6.07, 6.45) is 2.34. The van der Waals surface area contributed by atoms with Crippen LogP contribution in [0.25, 0.3) is 0 Å². The summed E-state index contributed by atoms with van der Waals surface area (Å²) in [5.41, 5.74) is -0.0372. The van der Waals surface area contributed by atoms with Crippen molar-refractivity contribution in [3.8, 4) is 0 Å². The Morgan fingerprint density at radius 1 is 1.35 bits per heavy atom. The van der Waals surface area contributed by atoms with Crippen molar-refractivity contribution in [2.75, 3.05) is 11.9 Å². The van der Waals surface area contributed by atoms with Crippen molar-refractivity contribution >= 4 is 40.9 Å². The molecule has 0 saturated carbocycles. The molecule has 1 heterocycles. The monoisotopic (exact) mass is 356 g/mol. The molecule has 0 bridgehead atoms. The Bertz CT molecular complexity index is 653. The number of ether oxygens (including phenoxy) is 1. The minimum atomic E-state index is -0.672. The summed E-state index contributed by atoms with van der Waals surface area (Å²) in [5, 5.41) is 4.14.